The number of carbonyl (C=O) groups is 2. The lowest BCUT2D eigenvalue weighted by molar-refractivity contribution is -0.113. The van der Waals surface area contributed by atoms with E-state index in [1.54, 1.807) is 37.5 Å². The minimum Gasteiger partial charge on any atom is -0.497 e. The Hall–Kier alpha value is -3.59. The lowest BCUT2D eigenvalue weighted by atomic mass is 10.0. The second kappa shape index (κ2) is 12.4. The molecular weight excluding hydrogens is 474 g/mol. The summed E-state index contributed by atoms with van der Waals surface area (Å²) < 4.78 is 7.07. The van der Waals surface area contributed by atoms with E-state index in [0.29, 0.717) is 28.8 Å². The number of allylic oxidation sites excluding steroid dienone is 1. The van der Waals surface area contributed by atoms with Crippen LogP contribution in [0, 0.1) is 19.8 Å². The number of hydrogen-bond donors (Lipinski definition) is 2. The van der Waals surface area contributed by atoms with Crippen LogP contribution in [0.5, 0.6) is 5.75 Å². The number of hydrogen-bond acceptors (Lipinski definition) is 6. The second-order valence-electron chi connectivity index (χ2n) is 8.77. The zero-order valence-corrected chi connectivity index (χ0v) is 22.2. The molecule has 0 unspecified atom stereocenters. The second-order valence-corrected chi connectivity index (χ2v) is 9.71. The number of thioether (sulfide) groups is 1. The van der Waals surface area contributed by atoms with Gasteiger partial charge in [-0.05, 0) is 55.2 Å². The van der Waals surface area contributed by atoms with Crippen molar-refractivity contribution in [1.29, 1.82) is 0 Å². The first-order valence-corrected chi connectivity index (χ1v) is 12.7. The van der Waals surface area contributed by atoms with Gasteiger partial charge in [-0.2, -0.15) is 0 Å². The van der Waals surface area contributed by atoms with E-state index >= 15 is 0 Å². The average Bonchev–Trinajstić information content (AvgIpc) is 3.25. The summed E-state index contributed by atoms with van der Waals surface area (Å²) in [7, 11) is 1.58. The Bertz CT molecular complexity index is 1200. The Kier molecular flexibility index (Phi) is 9.30. The number of amides is 2. The number of benzene rings is 2. The molecular formula is C27H33N5O3S. The van der Waals surface area contributed by atoms with Crippen molar-refractivity contribution in [3.05, 3.63) is 77.6 Å². The van der Waals surface area contributed by atoms with Gasteiger partial charge in [-0.3, -0.25) is 9.59 Å². The number of nitrogens with zero attached hydrogens (tertiary/aromatic N) is 3. The zero-order chi connectivity index (χ0) is 26.2. The summed E-state index contributed by atoms with van der Waals surface area (Å²) in [5, 5.41) is 15.4. The summed E-state index contributed by atoms with van der Waals surface area (Å²) in [6.45, 7) is 12.3. The highest BCUT2D eigenvalue weighted by molar-refractivity contribution is 7.99. The maximum absolute atomic E-state index is 13.0. The van der Waals surface area contributed by atoms with Crippen LogP contribution in [0.1, 0.15) is 47.2 Å². The monoisotopic (exact) mass is 507 g/mol. The zero-order valence-electron chi connectivity index (χ0n) is 21.4. The smallest absolute Gasteiger partial charge is 0.251 e. The number of ether oxygens (including phenoxy) is 1. The van der Waals surface area contributed by atoms with E-state index in [1.807, 2.05) is 50.5 Å². The molecule has 0 aliphatic rings. The van der Waals surface area contributed by atoms with Crippen molar-refractivity contribution in [2.45, 2.75) is 45.4 Å². The number of anilines is 1. The van der Waals surface area contributed by atoms with Crippen LogP contribution >= 0.6 is 11.8 Å². The minimum absolute atomic E-state index is 0.0464. The van der Waals surface area contributed by atoms with Crippen molar-refractivity contribution in [2.75, 3.05) is 18.2 Å². The lowest BCUT2D eigenvalue weighted by Crippen LogP contribution is -2.33. The standard InChI is InChI=1S/C27H33N5O3S/c1-7-15-32-25(23(17(2)3)29-26(34)20-11-13-21(35-6)14-12-20)30-31-27(32)36-16-22(33)28-24-18(4)9-8-10-19(24)5/h7-14,17,23H,1,15-16H2,2-6H3,(H,28,33)(H,29,34)/t23-/m1/s1. The van der Waals surface area contributed by atoms with Crippen molar-refractivity contribution in [3.63, 3.8) is 0 Å². The van der Waals surface area contributed by atoms with Crippen LogP contribution in [0.2, 0.25) is 0 Å². The van der Waals surface area contributed by atoms with Gasteiger partial charge in [-0.1, -0.05) is 49.9 Å². The van der Waals surface area contributed by atoms with Crippen molar-refractivity contribution in [2.24, 2.45) is 5.92 Å². The average molecular weight is 508 g/mol. The molecule has 1 heterocycles. The van der Waals surface area contributed by atoms with Gasteiger partial charge >= 0.3 is 0 Å². The van der Waals surface area contributed by atoms with E-state index in [2.05, 4.69) is 27.4 Å². The fraction of sp³-hybridized carbons (Fsp3) is 0.333. The predicted octanol–water partition coefficient (Wildman–Crippen LogP) is 4.95. The number of nitrogens with one attached hydrogen (secondary N) is 2. The third-order valence-electron chi connectivity index (χ3n) is 5.72. The molecule has 3 rings (SSSR count). The van der Waals surface area contributed by atoms with Crippen LogP contribution < -0.4 is 15.4 Å². The maximum Gasteiger partial charge on any atom is 0.251 e. The summed E-state index contributed by atoms with van der Waals surface area (Å²) in [6, 6.07) is 12.4. The van der Waals surface area contributed by atoms with Crippen molar-refractivity contribution < 1.29 is 14.3 Å². The first-order valence-electron chi connectivity index (χ1n) is 11.7. The molecule has 1 aromatic heterocycles. The van der Waals surface area contributed by atoms with Gasteiger partial charge in [0.2, 0.25) is 5.91 Å². The molecule has 0 radical (unpaired) electrons. The number of carbonyl (C=O) groups excluding carboxylic acids is 2. The van der Waals surface area contributed by atoms with Crippen LogP contribution in [0.4, 0.5) is 5.69 Å². The quantitative estimate of drug-likeness (QED) is 0.282. The van der Waals surface area contributed by atoms with Gasteiger partial charge in [0.1, 0.15) is 5.75 Å². The molecule has 9 heteroatoms. The minimum atomic E-state index is -0.384. The molecule has 36 heavy (non-hydrogen) atoms. The first kappa shape index (κ1) is 27.0. The van der Waals surface area contributed by atoms with Gasteiger partial charge in [0.05, 0.1) is 18.9 Å². The summed E-state index contributed by atoms with van der Waals surface area (Å²) in [5.74, 6) is 1.18. The Balaban J connectivity index is 1.76. The van der Waals surface area contributed by atoms with E-state index in [4.69, 9.17) is 4.74 Å². The molecule has 0 spiro atoms. The topological polar surface area (TPSA) is 98.1 Å². The number of methoxy groups -OCH3 is 1. The third-order valence-corrected chi connectivity index (χ3v) is 6.69. The number of para-hydroxylation sites is 1. The third kappa shape index (κ3) is 6.54. The number of aromatic nitrogens is 3. The molecule has 8 nitrogen and oxygen atoms in total. The fourth-order valence-corrected chi connectivity index (χ4v) is 4.51. The Morgan fingerprint density at radius 2 is 1.78 bits per heavy atom. The number of aryl methyl sites for hydroxylation is 2. The highest BCUT2D eigenvalue weighted by Gasteiger charge is 2.26. The lowest BCUT2D eigenvalue weighted by Gasteiger charge is -2.22. The van der Waals surface area contributed by atoms with Gasteiger partial charge in [0.15, 0.2) is 11.0 Å². The van der Waals surface area contributed by atoms with Crippen LogP contribution in [-0.2, 0) is 11.3 Å². The van der Waals surface area contributed by atoms with E-state index in [-0.39, 0.29) is 29.5 Å². The van der Waals surface area contributed by atoms with Gasteiger partial charge in [-0.15, -0.1) is 16.8 Å². The summed E-state index contributed by atoms with van der Waals surface area (Å²) in [6.07, 6.45) is 1.75. The fourth-order valence-electron chi connectivity index (χ4n) is 3.75. The van der Waals surface area contributed by atoms with Crippen molar-refractivity contribution in [1.82, 2.24) is 20.1 Å². The van der Waals surface area contributed by atoms with Crippen LogP contribution in [-0.4, -0.2) is 39.4 Å². The first-order chi connectivity index (χ1) is 17.2. The Morgan fingerprint density at radius 1 is 1.11 bits per heavy atom. The summed E-state index contributed by atoms with van der Waals surface area (Å²) in [5.41, 5.74) is 3.38. The molecule has 0 saturated heterocycles. The largest absolute Gasteiger partial charge is 0.497 e. The molecule has 1 atom stereocenters. The van der Waals surface area contributed by atoms with Crippen LogP contribution in [0.25, 0.3) is 0 Å². The predicted molar refractivity (Wildman–Crippen MR) is 144 cm³/mol. The molecule has 2 amide bonds. The van der Waals surface area contributed by atoms with E-state index < -0.39 is 0 Å². The highest BCUT2D eigenvalue weighted by Crippen LogP contribution is 2.26. The van der Waals surface area contributed by atoms with Gasteiger partial charge in [0.25, 0.3) is 5.91 Å². The molecule has 0 fully saturated rings. The summed E-state index contributed by atoms with van der Waals surface area (Å²) >= 11 is 1.30. The number of rotatable bonds is 11. The van der Waals surface area contributed by atoms with E-state index in [0.717, 1.165) is 16.8 Å². The van der Waals surface area contributed by atoms with Gasteiger partial charge in [-0.25, -0.2) is 0 Å². The highest BCUT2D eigenvalue weighted by atomic mass is 32.2. The molecule has 2 N–H and O–H groups in total. The normalized spacial score (nSPS) is 11.7. The van der Waals surface area contributed by atoms with Gasteiger partial charge < -0.3 is 19.9 Å². The van der Waals surface area contributed by atoms with Gasteiger partial charge in [0, 0.05) is 17.8 Å². The van der Waals surface area contributed by atoms with Crippen molar-refractivity contribution in [3.8, 4) is 5.75 Å². The van der Waals surface area contributed by atoms with E-state index in [9.17, 15) is 9.59 Å². The molecule has 0 aliphatic heterocycles. The van der Waals surface area contributed by atoms with Crippen LogP contribution in [0.3, 0.4) is 0 Å². The molecule has 2 aromatic carbocycles. The Labute approximate surface area is 216 Å². The molecule has 3 aromatic rings. The molecule has 0 bridgehead atoms. The maximum atomic E-state index is 13.0. The van der Waals surface area contributed by atoms with E-state index in [1.165, 1.54) is 11.8 Å². The van der Waals surface area contributed by atoms with Crippen molar-refractivity contribution >= 4 is 29.3 Å². The SMILES string of the molecule is C=CCn1c(SCC(=O)Nc2c(C)cccc2C)nnc1[C@H](NC(=O)c1ccc(OC)cc1)C(C)C. The Morgan fingerprint density at radius 3 is 2.36 bits per heavy atom. The molecule has 190 valence electrons. The molecule has 0 saturated carbocycles. The molecule has 0 aliphatic carbocycles. The summed E-state index contributed by atoms with van der Waals surface area (Å²) in [4.78, 5) is 25.6. The van der Waals surface area contributed by atoms with Crippen LogP contribution in [0.15, 0.2) is 60.3 Å².